The molecule has 0 aromatic heterocycles. The number of ether oxygens (including phenoxy) is 2. The second kappa shape index (κ2) is 7.23. The average Bonchev–Trinajstić information content (AvgIpc) is 2.73. The first-order chi connectivity index (χ1) is 14.7. The van der Waals surface area contributed by atoms with Crippen molar-refractivity contribution in [2.24, 2.45) is 11.8 Å². The molecule has 0 heterocycles. The number of ketones is 2. The van der Waals surface area contributed by atoms with Gasteiger partial charge >= 0.3 is 0 Å². The molecule has 0 bridgehead atoms. The molecule has 0 aliphatic heterocycles. The van der Waals surface area contributed by atoms with Crippen LogP contribution >= 0.6 is 0 Å². The summed E-state index contributed by atoms with van der Waals surface area (Å²) in [6.07, 6.45) is 0.667. The number of nitrogens with zero attached hydrogens (tertiary/aromatic N) is 1. The molecule has 3 atom stereocenters. The highest BCUT2D eigenvalue weighted by Gasteiger charge is 2.59. The number of allylic oxidation sites excluding steroid dienone is 1. The number of benzene rings is 1. The molecular formula is C23H25NO7. The number of aliphatic hydroxyl groups excluding tert-OH is 1. The fourth-order valence-electron chi connectivity index (χ4n) is 5.15. The number of likely N-dealkylation sites (N-methyl/N-ethyl adjacent to an activating group) is 1. The number of hydrogen-bond donors (Lipinski definition) is 2. The Balaban J connectivity index is 1.96. The summed E-state index contributed by atoms with van der Waals surface area (Å²) < 4.78 is 10.9. The second-order valence-electron chi connectivity index (χ2n) is 8.42. The van der Waals surface area contributed by atoms with Crippen molar-refractivity contribution in [2.45, 2.75) is 24.9 Å². The van der Waals surface area contributed by atoms with Gasteiger partial charge in [0.25, 0.3) is 5.91 Å². The lowest BCUT2D eigenvalue weighted by atomic mass is 9.60. The summed E-state index contributed by atoms with van der Waals surface area (Å²) in [5, 5.41) is 22.7. The maximum absolute atomic E-state index is 13.5. The Morgan fingerprint density at radius 3 is 2.48 bits per heavy atom. The molecule has 1 aromatic carbocycles. The van der Waals surface area contributed by atoms with Crippen LogP contribution in [0.15, 0.2) is 40.9 Å². The molecule has 0 spiro atoms. The van der Waals surface area contributed by atoms with E-state index in [-0.39, 0.29) is 29.5 Å². The summed E-state index contributed by atoms with van der Waals surface area (Å²) in [6, 6.07) is 5.36. The molecule has 0 radical (unpaired) electrons. The van der Waals surface area contributed by atoms with Gasteiger partial charge in [-0.05, 0) is 30.4 Å². The Morgan fingerprint density at radius 2 is 1.87 bits per heavy atom. The van der Waals surface area contributed by atoms with E-state index in [0.29, 0.717) is 24.2 Å². The van der Waals surface area contributed by atoms with Crippen LogP contribution in [0.5, 0.6) is 5.75 Å². The second-order valence-corrected chi connectivity index (χ2v) is 8.42. The minimum absolute atomic E-state index is 0.107. The Kier molecular flexibility index (Phi) is 4.93. The first-order valence-electron chi connectivity index (χ1n) is 10.1. The molecule has 3 unspecified atom stereocenters. The first kappa shape index (κ1) is 21.1. The monoisotopic (exact) mass is 427 g/mol. The summed E-state index contributed by atoms with van der Waals surface area (Å²) in [7, 11) is 5.69. The van der Waals surface area contributed by atoms with Crippen molar-refractivity contribution in [1.29, 1.82) is 0 Å². The highest BCUT2D eigenvalue weighted by atomic mass is 16.5. The van der Waals surface area contributed by atoms with E-state index < -0.39 is 34.5 Å². The highest BCUT2D eigenvalue weighted by Crippen LogP contribution is 2.53. The van der Waals surface area contributed by atoms with Crippen LogP contribution in [0.1, 0.15) is 28.8 Å². The molecule has 3 aliphatic rings. The Morgan fingerprint density at radius 1 is 1.16 bits per heavy atom. The smallest absolute Gasteiger partial charge is 0.260 e. The van der Waals surface area contributed by atoms with Crippen molar-refractivity contribution in [1.82, 2.24) is 4.90 Å². The lowest BCUT2D eigenvalue weighted by Crippen LogP contribution is -2.54. The van der Waals surface area contributed by atoms with Crippen LogP contribution in [0, 0.1) is 11.8 Å². The summed E-state index contributed by atoms with van der Waals surface area (Å²) in [5.74, 6) is -3.05. The maximum Gasteiger partial charge on any atom is 0.260 e. The number of carbonyl (C=O) groups is 3. The van der Waals surface area contributed by atoms with Gasteiger partial charge in [0.1, 0.15) is 22.8 Å². The molecule has 1 amide bonds. The normalized spacial score (nSPS) is 27.4. The van der Waals surface area contributed by atoms with E-state index in [0.717, 1.165) is 10.5 Å². The molecule has 8 nitrogen and oxygen atoms in total. The zero-order valence-electron chi connectivity index (χ0n) is 17.9. The van der Waals surface area contributed by atoms with E-state index in [1.165, 1.54) is 28.3 Å². The standard InChI is InChI=1S/C23H25NO7/c1-24(2)22(28)18-14(25)10-13-9-12-8-11-6-5-7-15(30-3)16(11)19(26)17(12)21(31-4)23(13,29)20(18)27/h5-7,12-13,27,29H,8-10H2,1-4H3. The molecule has 0 saturated heterocycles. The number of Topliss-reactive ketones (excluding diaryl/α,β-unsaturated/α-hetero) is 2. The third-order valence-electron chi connectivity index (χ3n) is 6.56. The molecular weight excluding hydrogens is 402 g/mol. The Labute approximate surface area is 179 Å². The van der Waals surface area contributed by atoms with Gasteiger partial charge < -0.3 is 24.6 Å². The number of methoxy groups -OCH3 is 2. The number of fused-ring (bicyclic) bond motifs is 3. The largest absolute Gasteiger partial charge is 0.508 e. The highest BCUT2D eigenvalue weighted by molar-refractivity contribution is 6.21. The van der Waals surface area contributed by atoms with Gasteiger partial charge in [-0.1, -0.05) is 12.1 Å². The Bertz CT molecular complexity index is 1070. The van der Waals surface area contributed by atoms with Crippen LogP contribution in [0.3, 0.4) is 0 Å². The number of rotatable bonds is 3. The fraction of sp³-hybridized carbons (Fsp3) is 0.435. The fourth-order valence-corrected chi connectivity index (χ4v) is 5.15. The Hall–Kier alpha value is -3.13. The van der Waals surface area contributed by atoms with Gasteiger partial charge in [0, 0.05) is 32.0 Å². The average molecular weight is 427 g/mol. The van der Waals surface area contributed by atoms with E-state index in [2.05, 4.69) is 0 Å². The first-order valence-corrected chi connectivity index (χ1v) is 10.1. The quantitative estimate of drug-likeness (QED) is 0.704. The van der Waals surface area contributed by atoms with Crippen LogP contribution in [0.4, 0.5) is 0 Å². The molecule has 0 fully saturated rings. The van der Waals surface area contributed by atoms with Crippen LogP contribution in [-0.2, 0) is 20.7 Å². The minimum Gasteiger partial charge on any atom is -0.508 e. The van der Waals surface area contributed by atoms with Crippen LogP contribution in [0.25, 0.3) is 0 Å². The maximum atomic E-state index is 13.5. The van der Waals surface area contributed by atoms with Crippen LogP contribution in [-0.4, -0.2) is 66.5 Å². The number of carbonyl (C=O) groups excluding carboxylic acids is 3. The molecule has 3 aliphatic carbocycles. The zero-order valence-corrected chi connectivity index (χ0v) is 17.9. The predicted molar refractivity (Wildman–Crippen MR) is 110 cm³/mol. The van der Waals surface area contributed by atoms with Crippen molar-refractivity contribution in [3.05, 3.63) is 52.0 Å². The van der Waals surface area contributed by atoms with Crippen molar-refractivity contribution < 1.29 is 34.1 Å². The minimum atomic E-state index is -2.13. The lowest BCUT2D eigenvalue weighted by Gasteiger charge is -2.47. The molecule has 31 heavy (non-hydrogen) atoms. The molecule has 8 heteroatoms. The summed E-state index contributed by atoms with van der Waals surface area (Å²) in [6.45, 7) is 0. The van der Waals surface area contributed by atoms with E-state index in [9.17, 15) is 24.6 Å². The topological polar surface area (TPSA) is 113 Å². The van der Waals surface area contributed by atoms with Gasteiger partial charge in [0.05, 0.1) is 19.8 Å². The van der Waals surface area contributed by atoms with Crippen molar-refractivity contribution in [3.8, 4) is 5.75 Å². The van der Waals surface area contributed by atoms with Crippen molar-refractivity contribution in [2.75, 3.05) is 28.3 Å². The van der Waals surface area contributed by atoms with E-state index >= 15 is 0 Å². The molecule has 1 aromatic rings. The third kappa shape index (κ3) is 2.81. The SMILES string of the molecule is COC1=C2C(=O)c3c(cccc3OC)CC2CC2CC(=O)C(C(=O)N(C)C)=C(O)C12O. The predicted octanol–water partition coefficient (Wildman–Crippen LogP) is 1.57. The van der Waals surface area contributed by atoms with Crippen LogP contribution in [0.2, 0.25) is 0 Å². The summed E-state index contributed by atoms with van der Waals surface area (Å²) in [4.78, 5) is 40.0. The van der Waals surface area contributed by atoms with Gasteiger partial charge in [-0.3, -0.25) is 14.4 Å². The van der Waals surface area contributed by atoms with Gasteiger partial charge in [-0.2, -0.15) is 0 Å². The summed E-state index contributed by atoms with van der Waals surface area (Å²) >= 11 is 0. The van der Waals surface area contributed by atoms with Gasteiger partial charge in [-0.15, -0.1) is 0 Å². The number of aliphatic hydroxyl groups is 2. The number of hydrogen-bond acceptors (Lipinski definition) is 7. The van der Waals surface area contributed by atoms with Crippen LogP contribution < -0.4 is 4.74 Å². The van der Waals surface area contributed by atoms with Gasteiger partial charge in [0.2, 0.25) is 0 Å². The van der Waals surface area contributed by atoms with Crippen molar-refractivity contribution in [3.63, 3.8) is 0 Å². The van der Waals surface area contributed by atoms with Gasteiger partial charge in [-0.25, -0.2) is 0 Å². The molecule has 4 rings (SSSR count). The lowest BCUT2D eigenvalue weighted by molar-refractivity contribution is -0.133. The zero-order chi connectivity index (χ0) is 22.7. The van der Waals surface area contributed by atoms with Crippen molar-refractivity contribution >= 4 is 17.5 Å². The molecule has 2 N–H and O–H groups in total. The van der Waals surface area contributed by atoms with E-state index in [1.54, 1.807) is 6.07 Å². The van der Waals surface area contributed by atoms with Gasteiger partial charge in [0.15, 0.2) is 17.2 Å². The van der Waals surface area contributed by atoms with E-state index in [4.69, 9.17) is 9.47 Å². The number of amides is 1. The van der Waals surface area contributed by atoms with E-state index in [1.807, 2.05) is 12.1 Å². The third-order valence-corrected chi connectivity index (χ3v) is 6.56. The molecule has 0 saturated carbocycles. The molecule has 164 valence electrons. The summed E-state index contributed by atoms with van der Waals surface area (Å²) in [5.41, 5.74) is -1.14.